The molecule has 5 aromatic rings. The second kappa shape index (κ2) is 10.8. The molecule has 216 valence electrons. The van der Waals surface area contributed by atoms with Gasteiger partial charge < -0.3 is 29.2 Å². The molecule has 10 heteroatoms. The number of pyridine rings is 2. The minimum atomic E-state index is -0.670. The monoisotopic (exact) mass is 570 g/mol. The Bertz CT molecular complexity index is 1790. The molecule has 3 aromatic heterocycles. The van der Waals surface area contributed by atoms with Crippen LogP contribution >= 0.6 is 0 Å². The van der Waals surface area contributed by atoms with Crippen molar-refractivity contribution >= 4 is 44.7 Å². The van der Waals surface area contributed by atoms with Crippen molar-refractivity contribution in [1.29, 1.82) is 0 Å². The first-order valence-corrected chi connectivity index (χ1v) is 14.2. The topological polar surface area (TPSA) is 67.7 Å². The molecule has 2 saturated heterocycles. The molecule has 1 N–H and O–H groups in total. The maximum Gasteiger partial charge on any atom is 0.152 e. The number of rotatable bonds is 5. The number of aryl methyl sites for hydroxylation is 1. The first kappa shape index (κ1) is 26.6. The van der Waals surface area contributed by atoms with Gasteiger partial charge in [0.05, 0.1) is 66.3 Å². The van der Waals surface area contributed by atoms with Crippen molar-refractivity contribution in [3.05, 3.63) is 72.1 Å². The Morgan fingerprint density at radius 3 is 2.40 bits per heavy atom. The average Bonchev–Trinajstić information content (AvgIpc) is 3.40. The van der Waals surface area contributed by atoms with Crippen LogP contribution in [0.1, 0.15) is 5.56 Å². The molecule has 0 amide bonds. The van der Waals surface area contributed by atoms with Gasteiger partial charge in [-0.15, -0.1) is 0 Å². The van der Waals surface area contributed by atoms with Crippen molar-refractivity contribution in [2.45, 2.75) is 6.92 Å². The number of fused-ring (bicyclic) bond motifs is 2. The lowest BCUT2D eigenvalue weighted by atomic mass is 9.98. The van der Waals surface area contributed by atoms with Gasteiger partial charge in [0, 0.05) is 68.0 Å². The molecule has 42 heavy (non-hydrogen) atoms. The number of nitrogens with zero attached hydrogens (tertiary/aromatic N) is 5. The number of morpholine rings is 2. The van der Waals surface area contributed by atoms with Gasteiger partial charge in [-0.1, -0.05) is 12.1 Å². The van der Waals surface area contributed by atoms with E-state index in [2.05, 4.69) is 21.2 Å². The number of anilines is 4. The van der Waals surface area contributed by atoms with Gasteiger partial charge in [0.1, 0.15) is 11.6 Å². The van der Waals surface area contributed by atoms with Crippen LogP contribution in [0.25, 0.3) is 33.1 Å². The maximum absolute atomic E-state index is 15.6. The van der Waals surface area contributed by atoms with Crippen molar-refractivity contribution < 1.29 is 18.3 Å². The number of benzene rings is 2. The molecule has 0 radical (unpaired) electrons. The fourth-order valence-electron chi connectivity index (χ4n) is 6.03. The molecule has 5 heterocycles. The van der Waals surface area contributed by atoms with E-state index < -0.39 is 11.6 Å². The molecule has 0 aliphatic carbocycles. The van der Waals surface area contributed by atoms with E-state index in [0.29, 0.717) is 50.9 Å². The Labute approximate surface area is 242 Å². The number of aromatic nitrogens is 3. The van der Waals surface area contributed by atoms with Gasteiger partial charge in [0.25, 0.3) is 0 Å². The average molecular weight is 571 g/mol. The smallest absolute Gasteiger partial charge is 0.152 e. The minimum Gasteiger partial charge on any atom is -0.378 e. The lowest BCUT2D eigenvalue weighted by Crippen LogP contribution is -2.38. The summed E-state index contributed by atoms with van der Waals surface area (Å²) in [5.41, 5.74) is 5.84. The molecule has 0 saturated carbocycles. The minimum absolute atomic E-state index is 0.239. The number of nitrogens with one attached hydrogen (secondary N) is 1. The summed E-state index contributed by atoms with van der Waals surface area (Å²) in [7, 11) is 1.99. The van der Waals surface area contributed by atoms with Crippen LogP contribution in [0.2, 0.25) is 0 Å². The normalized spacial score (nSPS) is 16.0. The molecule has 8 nitrogen and oxygen atoms in total. The highest BCUT2D eigenvalue weighted by molar-refractivity contribution is 6.03. The fourth-order valence-corrected chi connectivity index (χ4v) is 6.03. The van der Waals surface area contributed by atoms with Crippen molar-refractivity contribution in [3.8, 4) is 11.3 Å². The molecule has 2 fully saturated rings. The van der Waals surface area contributed by atoms with Gasteiger partial charge in [-0.3, -0.25) is 0 Å². The van der Waals surface area contributed by atoms with Crippen molar-refractivity contribution in [1.82, 2.24) is 14.5 Å². The summed E-state index contributed by atoms with van der Waals surface area (Å²) < 4.78 is 43.4. The Hall–Kier alpha value is -4.28. The highest BCUT2D eigenvalue weighted by atomic mass is 19.1. The quantitative estimate of drug-likeness (QED) is 0.287. The highest BCUT2D eigenvalue weighted by Gasteiger charge is 2.24. The summed E-state index contributed by atoms with van der Waals surface area (Å²) in [5.74, 6) is -0.581. The van der Waals surface area contributed by atoms with Gasteiger partial charge in [0.2, 0.25) is 0 Å². The summed E-state index contributed by atoms with van der Waals surface area (Å²) >= 11 is 0. The van der Waals surface area contributed by atoms with E-state index in [1.54, 1.807) is 0 Å². The molecular formula is C32H32F2N6O2. The standard InChI is InChI=1S/C32H32F2N6O2/c1-20-30(24-4-3-5-28-23(24)6-7-38(28)2)36-26-17-21(33)16-25(34)29(26)31(20)37-27-18-22(39-8-12-41-13-9-39)19-35-32(27)40-10-14-42-15-11-40/h3-7,16-19H,8-15H2,1-2H3,(H,36,37). The van der Waals surface area contributed by atoms with Crippen LogP contribution in [0.5, 0.6) is 0 Å². The summed E-state index contributed by atoms with van der Waals surface area (Å²) in [6.07, 6.45) is 3.89. The van der Waals surface area contributed by atoms with E-state index in [9.17, 15) is 4.39 Å². The number of ether oxygens (including phenoxy) is 2. The van der Waals surface area contributed by atoms with Gasteiger partial charge in [-0.25, -0.2) is 18.7 Å². The zero-order chi connectivity index (χ0) is 28.8. The Morgan fingerprint density at radius 1 is 0.905 bits per heavy atom. The highest BCUT2D eigenvalue weighted by Crippen LogP contribution is 2.41. The number of hydrogen-bond acceptors (Lipinski definition) is 7. The van der Waals surface area contributed by atoms with Crippen LogP contribution in [-0.4, -0.2) is 67.1 Å². The second-order valence-corrected chi connectivity index (χ2v) is 10.8. The molecule has 0 spiro atoms. The van der Waals surface area contributed by atoms with E-state index in [1.165, 1.54) is 6.07 Å². The van der Waals surface area contributed by atoms with Crippen LogP contribution in [0, 0.1) is 18.6 Å². The first-order chi connectivity index (χ1) is 20.5. The Balaban J connectivity index is 1.43. The molecule has 0 bridgehead atoms. The summed E-state index contributed by atoms with van der Waals surface area (Å²) in [5, 5.41) is 4.83. The van der Waals surface area contributed by atoms with E-state index >= 15 is 4.39 Å². The maximum atomic E-state index is 15.6. The van der Waals surface area contributed by atoms with Gasteiger partial charge in [0.15, 0.2) is 5.82 Å². The van der Waals surface area contributed by atoms with Gasteiger partial charge in [-0.05, 0) is 30.7 Å². The Morgan fingerprint density at radius 2 is 1.64 bits per heavy atom. The van der Waals surface area contributed by atoms with Crippen LogP contribution in [0.4, 0.5) is 31.7 Å². The van der Waals surface area contributed by atoms with Gasteiger partial charge in [-0.2, -0.15) is 0 Å². The third-order valence-corrected chi connectivity index (χ3v) is 8.23. The van der Waals surface area contributed by atoms with Crippen LogP contribution in [0.15, 0.2) is 54.9 Å². The Kier molecular flexibility index (Phi) is 6.87. The lowest BCUT2D eigenvalue weighted by molar-refractivity contribution is 0.122. The fraction of sp³-hybridized carbons (Fsp3) is 0.312. The largest absolute Gasteiger partial charge is 0.378 e. The predicted molar refractivity (Wildman–Crippen MR) is 162 cm³/mol. The SMILES string of the molecule is Cc1c(-c2cccc3c2ccn3C)nc2cc(F)cc(F)c2c1Nc1cc(N2CCOCC2)cnc1N1CCOCC1. The summed E-state index contributed by atoms with van der Waals surface area (Å²) in [4.78, 5) is 14.1. The first-order valence-electron chi connectivity index (χ1n) is 14.2. The van der Waals surface area contributed by atoms with E-state index in [-0.39, 0.29) is 10.9 Å². The molecule has 0 unspecified atom stereocenters. The third kappa shape index (κ3) is 4.70. The zero-order valence-electron chi connectivity index (χ0n) is 23.7. The summed E-state index contributed by atoms with van der Waals surface area (Å²) in [6, 6.07) is 12.3. The molecule has 0 atom stereocenters. The third-order valence-electron chi connectivity index (χ3n) is 8.23. The van der Waals surface area contributed by atoms with Crippen LogP contribution < -0.4 is 15.1 Å². The number of halogens is 2. The molecule has 2 aromatic carbocycles. The predicted octanol–water partition coefficient (Wildman–Crippen LogP) is 5.79. The van der Waals surface area contributed by atoms with Crippen molar-refractivity contribution in [2.24, 2.45) is 7.05 Å². The molecule has 7 rings (SSSR count). The van der Waals surface area contributed by atoms with Crippen LogP contribution in [0.3, 0.4) is 0 Å². The van der Waals surface area contributed by atoms with Gasteiger partial charge >= 0.3 is 0 Å². The molecular weight excluding hydrogens is 538 g/mol. The second-order valence-electron chi connectivity index (χ2n) is 10.8. The van der Waals surface area contributed by atoms with E-state index in [1.807, 2.05) is 55.2 Å². The molecule has 2 aliphatic rings. The molecule has 2 aliphatic heterocycles. The number of hydrogen-bond donors (Lipinski definition) is 1. The van der Waals surface area contributed by atoms with Crippen molar-refractivity contribution in [2.75, 3.05) is 67.7 Å². The van der Waals surface area contributed by atoms with E-state index in [4.69, 9.17) is 19.4 Å². The summed E-state index contributed by atoms with van der Waals surface area (Å²) in [6.45, 7) is 7.32. The van der Waals surface area contributed by atoms with Crippen molar-refractivity contribution in [3.63, 3.8) is 0 Å². The van der Waals surface area contributed by atoms with E-state index in [0.717, 1.165) is 58.4 Å². The lowest BCUT2D eigenvalue weighted by Gasteiger charge is -2.32. The zero-order valence-corrected chi connectivity index (χ0v) is 23.7. The van der Waals surface area contributed by atoms with Crippen LogP contribution in [-0.2, 0) is 16.5 Å².